The molecule has 1 saturated heterocycles. The highest BCUT2D eigenvalue weighted by Crippen LogP contribution is 2.25. The molecule has 2 amide bonds. The minimum atomic E-state index is -0.439. The van der Waals surface area contributed by atoms with Crippen molar-refractivity contribution in [3.05, 3.63) is 65.4 Å². The number of nitrogens with zero attached hydrogens (tertiary/aromatic N) is 5. The molecule has 35 heavy (non-hydrogen) atoms. The van der Waals surface area contributed by atoms with Crippen LogP contribution in [0.25, 0.3) is 0 Å². The number of piperidine rings is 1. The van der Waals surface area contributed by atoms with Gasteiger partial charge >= 0.3 is 0 Å². The summed E-state index contributed by atoms with van der Waals surface area (Å²) in [6, 6.07) is 5.95. The van der Waals surface area contributed by atoms with E-state index in [2.05, 4.69) is 15.3 Å². The zero-order valence-electron chi connectivity index (χ0n) is 19.3. The summed E-state index contributed by atoms with van der Waals surface area (Å²) in [5, 5.41) is 13.2. The number of nitrogens with one attached hydrogen (secondary N) is 1. The standard InChI is InChI=1S/C24H29FN6O3S/c25-19-6-4-18(5-7-19)14-31(22(33)16-30-10-1-3-20(32)15-30)24-28-13-21(35-24)23(34)27-8-2-11-29-12-9-26-17-29/h4-7,9,12-13,17,20,32H,1-3,8,10-11,14-16H2,(H,27,34). The first kappa shape index (κ1) is 25.0. The van der Waals surface area contributed by atoms with Gasteiger partial charge in [-0.2, -0.15) is 0 Å². The van der Waals surface area contributed by atoms with Crippen molar-refractivity contribution in [2.45, 2.75) is 38.5 Å². The minimum absolute atomic E-state index is 0.133. The van der Waals surface area contributed by atoms with Crippen molar-refractivity contribution in [2.75, 3.05) is 31.1 Å². The number of β-amino-alcohol motifs (C(OH)–C–C–N with tert-alkyl or cyclic N) is 1. The van der Waals surface area contributed by atoms with E-state index < -0.39 is 6.10 Å². The monoisotopic (exact) mass is 500 g/mol. The van der Waals surface area contributed by atoms with Crippen molar-refractivity contribution in [2.24, 2.45) is 0 Å². The first-order valence-corrected chi connectivity index (χ1v) is 12.4. The largest absolute Gasteiger partial charge is 0.392 e. The summed E-state index contributed by atoms with van der Waals surface area (Å²) in [4.78, 5) is 38.1. The van der Waals surface area contributed by atoms with Crippen LogP contribution < -0.4 is 10.2 Å². The smallest absolute Gasteiger partial charge is 0.263 e. The molecule has 1 unspecified atom stereocenters. The molecular formula is C24H29FN6O3S. The van der Waals surface area contributed by atoms with E-state index in [0.717, 1.165) is 49.3 Å². The number of hydrogen-bond donors (Lipinski definition) is 2. The fourth-order valence-corrected chi connectivity index (χ4v) is 4.80. The number of aliphatic hydroxyl groups excluding tert-OH is 1. The molecule has 0 spiro atoms. The molecule has 0 aliphatic carbocycles. The van der Waals surface area contributed by atoms with Gasteiger partial charge < -0.3 is 15.0 Å². The molecule has 1 aliphatic rings. The lowest BCUT2D eigenvalue weighted by Gasteiger charge is -2.31. The second-order valence-corrected chi connectivity index (χ2v) is 9.56. The summed E-state index contributed by atoms with van der Waals surface area (Å²) in [6.07, 6.45) is 8.66. The molecule has 1 fully saturated rings. The van der Waals surface area contributed by atoms with Gasteiger partial charge in [0.15, 0.2) is 5.13 Å². The molecule has 1 aromatic carbocycles. The Morgan fingerprint density at radius 1 is 1.29 bits per heavy atom. The van der Waals surface area contributed by atoms with Crippen molar-refractivity contribution < 1.29 is 19.1 Å². The van der Waals surface area contributed by atoms with Crippen molar-refractivity contribution >= 4 is 28.3 Å². The predicted octanol–water partition coefficient (Wildman–Crippen LogP) is 2.29. The number of thiazole rings is 1. The SMILES string of the molecule is O=C(NCCCn1ccnc1)c1cnc(N(Cc2ccc(F)cc2)C(=O)CN2CCCC(O)C2)s1. The van der Waals surface area contributed by atoms with E-state index in [1.165, 1.54) is 23.2 Å². The number of carbonyl (C=O) groups excluding carboxylic acids is 2. The van der Waals surface area contributed by atoms with Crippen LogP contribution in [-0.4, -0.2) is 68.6 Å². The number of aryl methyl sites for hydroxylation is 1. The molecule has 2 aromatic heterocycles. The Labute approximate surface area is 207 Å². The van der Waals surface area contributed by atoms with E-state index in [9.17, 15) is 19.1 Å². The number of imidazole rings is 1. The average molecular weight is 501 g/mol. The van der Waals surface area contributed by atoms with Gasteiger partial charge in [-0.15, -0.1) is 0 Å². The Hall–Kier alpha value is -3.15. The Morgan fingerprint density at radius 3 is 2.86 bits per heavy atom. The lowest BCUT2D eigenvalue weighted by molar-refractivity contribution is -0.120. The van der Waals surface area contributed by atoms with Gasteiger partial charge in [-0.05, 0) is 43.5 Å². The highest BCUT2D eigenvalue weighted by molar-refractivity contribution is 7.17. The summed E-state index contributed by atoms with van der Waals surface area (Å²) in [6.45, 7) is 2.76. The Kier molecular flexibility index (Phi) is 8.56. The third-order valence-corrected chi connectivity index (χ3v) is 6.80. The molecule has 2 N–H and O–H groups in total. The molecule has 1 atom stereocenters. The zero-order valence-corrected chi connectivity index (χ0v) is 20.2. The molecular weight excluding hydrogens is 471 g/mol. The van der Waals surface area contributed by atoms with Gasteiger partial charge in [-0.3, -0.25) is 19.4 Å². The highest BCUT2D eigenvalue weighted by atomic mass is 32.1. The van der Waals surface area contributed by atoms with Crippen molar-refractivity contribution in [3.8, 4) is 0 Å². The maximum absolute atomic E-state index is 13.4. The lowest BCUT2D eigenvalue weighted by atomic mass is 10.1. The maximum atomic E-state index is 13.4. The normalized spacial score (nSPS) is 16.2. The zero-order chi connectivity index (χ0) is 24.6. The summed E-state index contributed by atoms with van der Waals surface area (Å²) in [5.74, 6) is -0.784. The van der Waals surface area contributed by atoms with Crippen LogP contribution in [0.1, 0.15) is 34.5 Å². The minimum Gasteiger partial charge on any atom is -0.392 e. The lowest BCUT2D eigenvalue weighted by Crippen LogP contribution is -2.45. The Morgan fingerprint density at radius 2 is 2.11 bits per heavy atom. The van der Waals surface area contributed by atoms with Crippen LogP contribution >= 0.6 is 11.3 Å². The molecule has 4 rings (SSSR count). The van der Waals surface area contributed by atoms with E-state index in [4.69, 9.17) is 0 Å². The summed E-state index contributed by atoms with van der Waals surface area (Å²) in [7, 11) is 0. The van der Waals surface area contributed by atoms with Gasteiger partial charge in [0.1, 0.15) is 10.7 Å². The van der Waals surface area contributed by atoms with Gasteiger partial charge in [0.05, 0.1) is 31.7 Å². The third kappa shape index (κ3) is 7.17. The number of aliphatic hydroxyl groups is 1. The summed E-state index contributed by atoms with van der Waals surface area (Å²) >= 11 is 1.14. The van der Waals surface area contributed by atoms with Crippen LogP contribution in [0.15, 0.2) is 49.2 Å². The summed E-state index contributed by atoms with van der Waals surface area (Å²) < 4.78 is 15.3. The maximum Gasteiger partial charge on any atom is 0.263 e. The van der Waals surface area contributed by atoms with Crippen molar-refractivity contribution in [3.63, 3.8) is 0 Å². The van der Waals surface area contributed by atoms with E-state index >= 15 is 0 Å². The van der Waals surface area contributed by atoms with Crippen molar-refractivity contribution in [1.29, 1.82) is 0 Å². The number of halogens is 1. The number of benzene rings is 1. The van der Waals surface area contributed by atoms with E-state index in [-0.39, 0.29) is 30.7 Å². The number of anilines is 1. The van der Waals surface area contributed by atoms with Gasteiger partial charge in [-0.25, -0.2) is 14.4 Å². The van der Waals surface area contributed by atoms with Crippen LogP contribution in [0.3, 0.4) is 0 Å². The number of carbonyl (C=O) groups is 2. The molecule has 0 bridgehead atoms. The van der Waals surface area contributed by atoms with Crippen LogP contribution in [-0.2, 0) is 17.9 Å². The number of aromatic nitrogens is 3. The van der Waals surface area contributed by atoms with Gasteiger partial charge in [-0.1, -0.05) is 23.5 Å². The van der Waals surface area contributed by atoms with E-state index in [0.29, 0.717) is 23.1 Å². The fourth-order valence-electron chi connectivity index (χ4n) is 3.95. The number of hydrogen-bond acceptors (Lipinski definition) is 7. The molecule has 186 valence electrons. The molecule has 9 nitrogen and oxygen atoms in total. The predicted molar refractivity (Wildman–Crippen MR) is 131 cm³/mol. The second-order valence-electron chi connectivity index (χ2n) is 8.55. The van der Waals surface area contributed by atoms with Crippen LogP contribution in [0, 0.1) is 5.82 Å². The first-order valence-electron chi connectivity index (χ1n) is 11.6. The average Bonchev–Trinajstić information content (AvgIpc) is 3.54. The second kappa shape index (κ2) is 12.0. The molecule has 3 aromatic rings. The van der Waals surface area contributed by atoms with E-state index in [1.807, 2.05) is 15.7 Å². The van der Waals surface area contributed by atoms with Gasteiger partial charge in [0.2, 0.25) is 5.91 Å². The molecule has 0 saturated carbocycles. The van der Waals surface area contributed by atoms with Crippen LogP contribution in [0.4, 0.5) is 9.52 Å². The number of likely N-dealkylation sites (tertiary alicyclic amines) is 1. The van der Waals surface area contributed by atoms with E-state index in [1.54, 1.807) is 24.7 Å². The Bertz CT molecular complexity index is 1100. The molecule has 11 heteroatoms. The number of rotatable bonds is 10. The topological polar surface area (TPSA) is 104 Å². The van der Waals surface area contributed by atoms with Crippen LogP contribution in [0.2, 0.25) is 0 Å². The molecule has 1 aliphatic heterocycles. The quantitative estimate of drug-likeness (QED) is 0.414. The third-order valence-electron chi connectivity index (χ3n) is 5.78. The fraction of sp³-hybridized carbons (Fsp3) is 0.417. The van der Waals surface area contributed by atoms with Gasteiger partial charge in [0, 0.05) is 32.0 Å². The van der Waals surface area contributed by atoms with Crippen molar-refractivity contribution in [1.82, 2.24) is 24.8 Å². The Balaban J connectivity index is 1.41. The first-order chi connectivity index (χ1) is 17.0. The number of amides is 2. The molecule has 0 radical (unpaired) electrons. The summed E-state index contributed by atoms with van der Waals surface area (Å²) in [5.41, 5.74) is 0.749. The highest BCUT2D eigenvalue weighted by Gasteiger charge is 2.26. The molecule has 3 heterocycles. The van der Waals surface area contributed by atoms with Gasteiger partial charge in [0.25, 0.3) is 5.91 Å². The van der Waals surface area contributed by atoms with Crippen LogP contribution in [0.5, 0.6) is 0 Å².